The number of halogens is 3. The van der Waals surface area contributed by atoms with Crippen molar-refractivity contribution in [2.45, 2.75) is 19.9 Å². The Hall–Kier alpha value is -2.88. The molecule has 0 aliphatic carbocycles. The van der Waals surface area contributed by atoms with Crippen molar-refractivity contribution >= 4 is 34.8 Å². The molecule has 0 fully saturated rings. The molecule has 0 saturated carbocycles. The number of hydrogen-bond donors (Lipinski definition) is 2. The molecule has 2 aromatic rings. The Balaban J connectivity index is 1.94. The van der Waals surface area contributed by atoms with Gasteiger partial charge in [0.05, 0.1) is 10.6 Å². The number of thiophene rings is 1. The quantitative estimate of drug-likeness (QED) is 0.539. The largest absolute Gasteiger partial charge is 0.454 e. The summed E-state index contributed by atoms with van der Waals surface area (Å²) in [6.07, 6.45) is 0. The first-order valence-electron chi connectivity index (χ1n) is 8.15. The van der Waals surface area contributed by atoms with Gasteiger partial charge in [-0.25, -0.2) is 18.0 Å². The lowest BCUT2D eigenvalue weighted by Gasteiger charge is -2.20. The van der Waals surface area contributed by atoms with E-state index in [1.165, 1.54) is 11.3 Å². The molecular weight excluding hydrogens is 397 g/mol. The molecule has 6 nitrogen and oxygen atoms in total. The van der Waals surface area contributed by atoms with Crippen molar-refractivity contribution in [1.29, 1.82) is 0 Å². The number of carbonyl (C=O) groups is 3. The van der Waals surface area contributed by atoms with E-state index in [9.17, 15) is 27.6 Å². The maximum absolute atomic E-state index is 13.5. The topological polar surface area (TPSA) is 84.5 Å². The van der Waals surface area contributed by atoms with Gasteiger partial charge in [-0.05, 0) is 29.5 Å². The summed E-state index contributed by atoms with van der Waals surface area (Å²) in [5.41, 5.74) is -0.591. The summed E-state index contributed by atoms with van der Waals surface area (Å²) >= 11 is 1.20. The van der Waals surface area contributed by atoms with Crippen LogP contribution in [0.5, 0.6) is 0 Å². The zero-order valence-electron chi connectivity index (χ0n) is 14.9. The molecule has 1 atom stereocenters. The Kier molecular flexibility index (Phi) is 7.16. The molecular formula is C18H17F3N2O4S. The highest BCUT2D eigenvalue weighted by Gasteiger charge is 2.27. The van der Waals surface area contributed by atoms with Crippen LogP contribution in [0.25, 0.3) is 0 Å². The van der Waals surface area contributed by atoms with E-state index in [0.29, 0.717) is 10.9 Å². The van der Waals surface area contributed by atoms with Gasteiger partial charge in [-0.15, -0.1) is 11.3 Å². The molecule has 28 heavy (non-hydrogen) atoms. The lowest BCUT2D eigenvalue weighted by molar-refractivity contribution is -0.150. The summed E-state index contributed by atoms with van der Waals surface area (Å²) < 4.78 is 44.5. The van der Waals surface area contributed by atoms with Gasteiger partial charge in [0.25, 0.3) is 11.8 Å². The second-order valence-electron chi connectivity index (χ2n) is 6.05. The van der Waals surface area contributed by atoms with Gasteiger partial charge in [0.15, 0.2) is 24.1 Å². The van der Waals surface area contributed by atoms with Crippen LogP contribution in [0.1, 0.15) is 23.5 Å². The van der Waals surface area contributed by atoms with Gasteiger partial charge >= 0.3 is 5.97 Å². The van der Waals surface area contributed by atoms with Crippen LogP contribution in [0.3, 0.4) is 0 Å². The molecule has 10 heteroatoms. The average Bonchev–Trinajstić information content (AvgIpc) is 3.19. The van der Waals surface area contributed by atoms with E-state index in [4.69, 9.17) is 4.74 Å². The second kappa shape index (κ2) is 9.36. The number of nitrogens with one attached hydrogen (secondary N) is 2. The van der Waals surface area contributed by atoms with Gasteiger partial charge in [0.1, 0.15) is 6.04 Å². The van der Waals surface area contributed by atoms with Crippen LogP contribution in [0.15, 0.2) is 29.6 Å². The first-order valence-corrected chi connectivity index (χ1v) is 9.03. The van der Waals surface area contributed by atoms with Gasteiger partial charge in [-0.3, -0.25) is 9.59 Å². The molecule has 1 aromatic heterocycles. The van der Waals surface area contributed by atoms with E-state index < -0.39 is 53.6 Å². The summed E-state index contributed by atoms with van der Waals surface area (Å²) in [4.78, 5) is 36.5. The van der Waals surface area contributed by atoms with E-state index in [-0.39, 0.29) is 5.92 Å². The first-order chi connectivity index (χ1) is 13.2. The Morgan fingerprint density at radius 3 is 2.43 bits per heavy atom. The summed E-state index contributed by atoms with van der Waals surface area (Å²) in [6, 6.07) is 3.75. The molecule has 0 saturated heterocycles. The molecule has 1 heterocycles. The minimum atomic E-state index is -1.73. The minimum absolute atomic E-state index is 0.330. The Labute approximate surface area is 162 Å². The molecule has 0 unspecified atom stereocenters. The van der Waals surface area contributed by atoms with E-state index in [1.54, 1.807) is 31.4 Å². The zero-order chi connectivity index (χ0) is 20.8. The molecule has 0 aliphatic rings. The fourth-order valence-corrected chi connectivity index (χ4v) is 2.78. The number of hydrogen-bond acceptors (Lipinski definition) is 5. The van der Waals surface area contributed by atoms with E-state index in [1.807, 2.05) is 5.32 Å². The predicted molar refractivity (Wildman–Crippen MR) is 96.3 cm³/mol. The number of carbonyl (C=O) groups excluding carboxylic acids is 3. The Morgan fingerprint density at radius 2 is 1.82 bits per heavy atom. The summed E-state index contributed by atoms with van der Waals surface area (Å²) in [5.74, 6) is -7.30. The smallest absolute Gasteiger partial charge is 0.329 e. The SMILES string of the molecule is CC(C)[C@@H](NC(=O)c1cccs1)C(=O)OCC(=O)Nc1ccc(F)c(F)c1F. The van der Waals surface area contributed by atoms with Crippen LogP contribution in [0, 0.1) is 23.4 Å². The summed E-state index contributed by atoms with van der Waals surface area (Å²) in [6.45, 7) is 2.56. The highest BCUT2D eigenvalue weighted by molar-refractivity contribution is 7.12. The third-order valence-corrected chi connectivity index (χ3v) is 4.48. The molecule has 0 bridgehead atoms. The third-order valence-electron chi connectivity index (χ3n) is 3.61. The molecule has 2 amide bonds. The number of benzene rings is 1. The predicted octanol–water partition coefficient (Wildman–Crippen LogP) is 3.10. The molecule has 150 valence electrons. The normalized spacial score (nSPS) is 11.8. The van der Waals surface area contributed by atoms with E-state index >= 15 is 0 Å². The van der Waals surface area contributed by atoms with Crippen LogP contribution >= 0.6 is 11.3 Å². The Morgan fingerprint density at radius 1 is 1.11 bits per heavy atom. The van der Waals surface area contributed by atoms with Gasteiger partial charge in [0, 0.05) is 0 Å². The van der Waals surface area contributed by atoms with Crippen LogP contribution in [-0.2, 0) is 14.3 Å². The maximum atomic E-state index is 13.5. The number of ether oxygens (including phenoxy) is 1. The lowest BCUT2D eigenvalue weighted by atomic mass is 10.0. The van der Waals surface area contributed by atoms with Crippen molar-refractivity contribution in [3.05, 3.63) is 52.0 Å². The minimum Gasteiger partial charge on any atom is -0.454 e. The zero-order valence-corrected chi connectivity index (χ0v) is 15.7. The van der Waals surface area contributed by atoms with Gasteiger partial charge in [0.2, 0.25) is 0 Å². The summed E-state index contributed by atoms with van der Waals surface area (Å²) in [5, 5.41) is 6.22. The van der Waals surface area contributed by atoms with Gasteiger partial charge < -0.3 is 15.4 Å². The van der Waals surface area contributed by atoms with Gasteiger partial charge in [-0.1, -0.05) is 19.9 Å². The standard InChI is InChI=1S/C18H17F3N2O4S/c1-9(2)16(23-17(25)12-4-3-7-28-12)18(26)27-8-13(24)22-11-6-5-10(19)14(20)15(11)21/h3-7,9,16H,8H2,1-2H3,(H,22,24)(H,23,25)/t16-/m1/s1. The van der Waals surface area contributed by atoms with Crippen LogP contribution in [-0.4, -0.2) is 30.4 Å². The van der Waals surface area contributed by atoms with Crippen molar-refractivity contribution in [3.8, 4) is 0 Å². The molecule has 2 rings (SSSR count). The Bertz CT molecular complexity index is 872. The van der Waals surface area contributed by atoms with Crippen LogP contribution in [0.4, 0.5) is 18.9 Å². The third kappa shape index (κ3) is 5.32. The first kappa shape index (κ1) is 21.4. The molecule has 0 radical (unpaired) electrons. The van der Waals surface area contributed by atoms with Gasteiger partial charge in [-0.2, -0.15) is 0 Å². The summed E-state index contributed by atoms with van der Waals surface area (Å²) in [7, 11) is 0. The number of amides is 2. The maximum Gasteiger partial charge on any atom is 0.329 e. The monoisotopic (exact) mass is 414 g/mol. The highest BCUT2D eigenvalue weighted by Crippen LogP contribution is 2.19. The van der Waals surface area contributed by atoms with Crippen molar-refractivity contribution < 1.29 is 32.3 Å². The molecule has 2 N–H and O–H groups in total. The van der Waals surface area contributed by atoms with Crippen molar-refractivity contribution in [1.82, 2.24) is 5.32 Å². The number of rotatable bonds is 7. The average molecular weight is 414 g/mol. The lowest BCUT2D eigenvalue weighted by Crippen LogP contribution is -2.45. The molecule has 0 aliphatic heterocycles. The van der Waals surface area contributed by atoms with Crippen molar-refractivity contribution in [2.75, 3.05) is 11.9 Å². The van der Waals surface area contributed by atoms with E-state index in [0.717, 1.165) is 6.07 Å². The van der Waals surface area contributed by atoms with E-state index in [2.05, 4.69) is 5.32 Å². The number of anilines is 1. The fraction of sp³-hybridized carbons (Fsp3) is 0.278. The van der Waals surface area contributed by atoms with Crippen LogP contribution in [0.2, 0.25) is 0 Å². The fourth-order valence-electron chi connectivity index (χ4n) is 2.15. The molecule has 0 spiro atoms. The van der Waals surface area contributed by atoms with Crippen molar-refractivity contribution in [3.63, 3.8) is 0 Å². The number of esters is 1. The second-order valence-corrected chi connectivity index (χ2v) is 7.00. The molecule has 1 aromatic carbocycles. The van der Waals surface area contributed by atoms with Crippen molar-refractivity contribution in [2.24, 2.45) is 5.92 Å². The highest BCUT2D eigenvalue weighted by atomic mass is 32.1. The van der Waals surface area contributed by atoms with Crippen LogP contribution < -0.4 is 10.6 Å².